The maximum atomic E-state index is 10.6. The number of hydrogen-bond acceptors (Lipinski definition) is 4. The monoisotopic (exact) mass is 223 g/mol. The molecule has 0 radical (unpaired) electrons. The Morgan fingerprint density at radius 1 is 1.62 bits per heavy atom. The summed E-state index contributed by atoms with van der Waals surface area (Å²) in [5, 5.41) is 3.18. The van der Waals surface area contributed by atoms with Crippen molar-refractivity contribution in [3.8, 4) is 0 Å². The molecule has 2 atom stereocenters. The Bertz CT molecular complexity index is 297. The molecule has 0 aromatic carbocycles. The number of nitrogens with zero attached hydrogens (tertiary/aromatic N) is 1. The lowest BCUT2D eigenvalue weighted by molar-refractivity contribution is 0.472. The van der Waals surface area contributed by atoms with E-state index in [1.54, 1.807) is 0 Å². The molecular formula is C12H21N3O. The zero-order valence-electron chi connectivity index (χ0n) is 9.86. The molecule has 0 spiro atoms. The second-order valence-electron chi connectivity index (χ2n) is 4.33. The van der Waals surface area contributed by atoms with Crippen LogP contribution in [-0.4, -0.2) is 12.6 Å². The molecule has 0 aromatic rings. The average molecular weight is 223 g/mol. The lowest BCUT2D eigenvalue weighted by atomic mass is 9.88. The van der Waals surface area contributed by atoms with Gasteiger partial charge in [0.2, 0.25) is 0 Å². The summed E-state index contributed by atoms with van der Waals surface area (Å²) in [7, 11) is 0. The van der Waals surface area contributed by atoms with E-state index in [-0.39, 0.29) is 6.04 Å². The first kappa shape index (κ1) is 12.9. The van der Waals surface area contributed by atoms with E-state index < -0.39 is 0 Å². The number of allylic oxidation sites excluding steroid dienone is 2. The number of nitroso groups, excluding NO2 is 1. The molecular weight excluding hydrogens is 202 g/mol. The van der Waals surface area contributed by atoms with Gasteiger partial charge >= 0.3 is 0 Å². The first-order chi connectivity index (χ1) is 7.71. The van der Waals surface area contributed by atoms with Gasteiger partial charge in [-0.05, 0) is 30.8 Å². The first-order valence-electron chi connectivity index (χ1n) is 5.90. The van der Waals surface area contributed by atoms with Crippen LogP contribution in [0.25, 0.3) is 0 Å². The van der Waals surface area contributed by atoms with Crippen molar-refractivity contribution in [1.29, 1.82) is 0 Å². The van der Waals surface area contributed by atoms with Gasteiger partial charge in [-0.3, -0.25) is 0 Å². The fourth-order valence-corrected chi connectivity index (χ4v) is 2.10. The van der Waals surface area contributed by atoms with Crippen LogP contribution in [0.5, 0.6) is 0 Å². The zero-order chi connectivity index (χ0) is 12.0. The van der Waals surface area contributed by atoms with E-state index in [0.29, 0.717) is 12.5 Å². The van der Waals surface area contributed by atoms with E-state index in [1.807, 2.05) is 6.08 Å². The molecule has 16 heavy (non-hydrogen) atoms. The maximum Gasteiger partial charge on any atom is 0.0925 e. The lowest BCUT2D eigenvalue weighted by Crippen LogP contribution is -2.19. The molecule has 4 heteroatoms. The summed E-state index contributed by atoms with van der Waals surface area (Å²) in [6, 6.07) is -0.0713. The number of hydrogen-bond donors (Lipinski definition) is 2. The van der Waals surface area contributed by atoms with Crippen LogP contribution in [-0.2, 0) is 0 Å². The van der Waals surface area contributed by atoms with E-state index in [4.69, 9.17) is 11.5 Å². The fraction of sp³-hybridized carbons (Fsp3) is 0.667. The Morgan fingerprint density at radius 2 is 2.38 bits per heavy atom. The van der Waals surface area contributed by atoms with E-state index >= 15 is 0 Å². The Hall–Kier alpha value is -1.16. The third kappa shape index (κ3) is 3.45. The molecule has 4 nitrogen and oxygen atoms in total. The van der Waals surface area contributed by atoms with Crippen LogP contribution in [0.1, 0.15) is 32.6 Å². The van der Waals surface area contributed by atoms with Crippen LogP contribution in [0, 0.1) is 10.8 Å². The van der Waals surface area contributed by atoms with Crippen LogP contribution in [0.4, 0.5) is 0 Å². The van der Waals surface area contributed by atoms with Gasteiger partial charge in [0.1, 0.15) is 0 Å². The van der Waals surface area contributed by atoms with Crippen molar-refractivity contribution in [2.45, 2.75) is 38.6 Å². The molecule has 0 saturated heterocycles. The minimum atomic E-state index is -0.0713. The summed E-state index contributed by atoms with van der Waals surface area (Å²) in [6.45, 7) is 2.53. The van der Waals surface area contributed by atoms with Crippen LogP contribution < -0.4 is 11.5 Å². The molecule has 0 bridgehead atoms. The summed E-state index contributed by atoms with van der Waals surface area (Å²) >= 11 is 0. The fourth-order valence-electron chi connectivity index (χ4n) is 2.10. The molecule has 2 unspecified atom stereocenters. The van der Waals surface area contributed by atoms with Gasteiger partial charge in [0.05, 0.1) is 6.04 Å². The maximum absolute atomic E-state index is 10.6. The van der Waals surface area contributed by atoms with Crippen LogP contribution >= 0.6 is 0 Å². The van der Waals surface area contributed by atoms with Crippen molar-refractivity contribution in [3.05, 3.63) is 28.3 Å². The van der Waals surface area contributed by atoms with Gasteiger partial charge in [-0.25, -0.2) is 0 Å². The molecule has 0 aromatic heterocycles. The predicted octanol–water partition coefficient (Wildman–Crippen LogP) is 2.06. The van der Waals surface area contributed by atoms with Crippen LogP contribution in [0.15, 0.2) is 28.6 Å². The molecule has 4 N–H and O–H groups in total. The number of rotatable bonds is 6. The molecule has 0 fully saturated rings. The SMILES string of the molecule is CCCC(CC1C=C(CN)C(N)=CC1)N=O. The quantitative estimate of drug-likeness (QED) is 0.676. The van der Waals surface area contributed by atoms with Crippen molar-refractivity contribution < 1.29 is 0 Å². The highest BCUT2D eigenvalue weighted by Gasteiger charge is 2.18. The van der Waals surface area contributed by atoms with Gasteiger partial charge < -0.3 is 11.5 Å². The van der Waals surface area contributed by atoms with Crippen molar-refractivity contribution >= 4 is 0 Å². The van der Waals surface area contributed by atoms with Gasteiger partial charge in [-0.2, -0.15) is 4.91 Å². The van der Waals surface area contributed by atoms with Crippen molar-refractivity contribution in [2.24, 2.45) is 22.6 Å². The van der Waals surface area contributed by atoms with Gasteiger partial charge in [-0.15, -0.1) is 0 Å². The topological polar surface area (TPSA) is 81.5 Å². The van der Waals surface area contributed by atoms with Crippen molar-refractivity contribution in [1.82, 2.24) is 0 Å². The third-order valence-electron chi connectivity index (χ3n) is 3.01. The van der Waals surface area contributed by atoms with Gasteiger partial charge in [-0.1, -0.05) is 30.7 Å². The zero-order valence-corrected chi connectivity index (χ0v) is 9.86. The molecule has 90 valence electrons. The van der Waals surface area contributed by atoms with E-state index in [9.17, 15) is 4.91 Å². The standard InChI is InChI=1S/C12H21N3O/c1-2-3-11(15-16)7-9-4-5-12(14)10(6-9)8-13/h5-6,9,11H,2-4,7-8,13-14H2,1H3. The Kier molecular flexibility index (Phi) is 5.19. The Balaban J connectivity index is 2.56. The van der Waals surface area contributed by atoms with Crippen LogP contribution in [0.2, 0.25) is 0 Å². The summed E-state index contributed by atoms with van der Waals surface area (Å²) < 4.78 is 0. The van der Waals surface area contributed by atoms with Gasteiger partial charge in [0.15, 0.2) is 0 Å². The molecule has 0 heterocycles. The van der Waals surface area contributed by atoms with E-state index in [2.05, 4.69) is 18.2 Å². The number of nitrogens with two attached hydrogens (primary N) is 2. The molecule has 1 aliphatic carbocycles. The van der Waals surface area contributed by atoms with Crippen molar-refractivity contribution in [2.75, 3.05) is 6.54 Å². The summed E-state index contributed by atoms with van der Waals surface area (Å²) in [4.78, 5) is 10.6. The summed E-state index contributed by atoms with van der Waals surface area (Å²) in [5.41, 5.74) is 13.2. The summed E-state index contributed by atoms with van der Waals surface area (Å²) in [5.74, 6) is 0.361. The molecule has 0 amide bonds. The average Bonchev–Trinajstić information content (AvgIpc) is 2.30. The minimum absolute atomic E-state index is 0.0713. The molecule has 0 saturated carbocycles. The van der Waals surface area contributed by atoms with Gasteiger partial charge in [0.25, 0.3) is 0 Å². The highest BCUT2D eigenvalue weighted by molar-refractivity contribution is 5.33. The second-order valence-corrected chi connectivity index (χ2v) is 4.33. The minimum Gasteiger partial charge on any atom is -0.399 e. The van der Waals surface area contributed by atoms with Gasteiger partial charge in [0, 0.05) is 12.2 Å². The Labute approximate surface area is 96.7 Å². The molecule has 1 rings (SSSR count). The molecule has 0 aliphatic heterocycles. The van der Waals surface area contributed by atoms with Crippen molar-refractivity contribution in [3.63, 3.8) is 0 Å². The second kappa shape index (κ2) is 6.43. The normalized spacial score (nSPS) is 22.2. The largest absolute Gasteiger partial charge is 0.399 e. The van der Waals surface area contributed by atoms with E-state index in [1.165, 1.54) is 0 Å². The highest BCUT2D eigenvalue weighted by atomic mass is 16.3. The smallest absolute Gasteiger partial charge is 0.0925 e. The Morgan fingerprint density at radius 3 is 2.94 bits per heavy atom. The third-order valence-corrected chi connectivity index (χ3v) is 3.01. The van der Waals surface area contributed by atoms with Crippen LogP contribution in [0.3, 0.4) is 0 Å². The molecule has 1 aliphatic rings. The highest BCUT2D eigenvalue weighted by Crippen LogP contribution is 2.25. The lowest BCUT2D eigenvalue weighted by Gasteiger charge is -2.20. The first-order valence-corrected chi connectivity index (χ1v) is 5.90. The summed E-state index contributed by atoms with van der Waals surface area (Å²) in [6.07, 6.45) is 7.67. The predicted molar refractivity (Wildman–Crippen MR) is 66.6 cm³/mol. The van der Waals surface area contributed by atoms with E-state index in [0.717, 1.165) is 37.0 Å².